The number of hydrogen-bond donors (Lipinski definition) is 1. The van der Waals surface area contributed by atoms with Crippen LogP contribution in [0, 0.1) is 17.8 Å². The van der Waals surface area contributed by atoms with Crippen LogP contribution in [0.3, 0.4) is 0 Å². The smallest absolute Gasteiger partial charge is 0.234 e. The van der Waals surface area contributed by atoms with E-state index < -0.39 is 0 Å². The summed E-state index contributed by atoms with van der Waals surface area (Å²) in [5.41, 5.74) is 0. The molecule has 4 nitrogen and oxygen atoms in total. The standard InChI is InChI=1S/C12H18N2O2/c1-14-11(15)8-6-13-10(9(8)12(14)16)7-4-2-3-5-7/h7-10,13H,2-6H2,1H3/t8-,9-,10-/m1/s1. The van der Waals surface area contributed by atoms with Crippen molar-refractivity contribution in [2.24, 2.45) is 17.8 Å². The largest absolute Gasteiger partial charge is 0.312 e. The maximum atomic E-state index is 12.0. The molecule has 0 aromatic heterocycles. The third-order valence-corrected chi connectivity index (χ3v) is 4.57. The summed E-state index contributed by atoms with van der Waals surface area (Å²) >= 11 is 0. The quantitative estimate of drug-likeness (QED) is 0.652. The molecule has 3 fully saturated rings. The number of amides is 2. The van der Waals surface area contributed by atoms with Crippen molar-refractivity contribution in [1.82, 2.24) is 10.2 Å². The second-order valence-electron chi connectivity index (χ2n) is 5.35. The summed E-state index contributed by atoms with van der Waals surface area (Å²) in [6.45, 7) is 0.695. The topological polar surface area (TPSA) is 49.4 Å². The van der Waals surface area contributed by atoms with Crippen molar-refractivity contribution in [3.05, 3.63) is 0 Å². The molecule has 1 N–H and O–H groups in total. The number of nitrogens with one attached hydrogen (secondary N) is 1. The van der Waals surface area contributed by atoms with Gasteiger partial charge in [-0.15, -0.1) is 0 Å². The molecule has 3 atom stereocenters. The van der Waals surface area contributed by atoms with Gasteiger partial charge in [0.15, 0.2) is 0 Å². The molecule has 16 heavy (non-hydrogen) atoms. The van der Waals surface area contributed by atoms with Gasteiger partial charge in [0.05, 0.1) is 11.8 Å². The van der Waals surface area contributed by atoms with E-state index in [2.05, 4.69) is 5.32 Å². The molecule has 2 saturated heterocycles. The van der Waals surface area contributed by atoms with Gasteiger partial charge in [0, 0.05) is 19.6 Å². The highest BCUT2D eigenvalue weighted by molar-refractivity contribution is 6.05. The van der Waals surface area contributed by atoms with Gasteiger partial charge < -0.3 is 5.32 Å². The molecule has 3 rings (SSSR count). The Labute approximate surface area is 95.4 Å². The summed E-state index contributed by atoms with van der Waals surface area (Å²) < 4.78 is 0. The van der Waals surface area contributed by atoms with Crippen molar-refractivity contribution in [2.45, 2.75) is 31.7 Å². The highest BCUT2D eigenvalue weighted by Crippen LogP contribution is 2.40. The van der Waals surface area contributed by atoms with Crippen molar-refractivity contribution in [2.75, 3.05) is 13.6 Å². The van der Waals surface area contributed by atoms with Gasteiger partial charge in [-0.05, 0) is 18.8 Å². The van der Waals surface area contributed by atoms with Gasteiger partial charge in [-0.1, -0.05) is 12.8 Å². The lowest BCUT2D eigenvalue weighted by Gasteiger charge is -2.23. The molecular formula is C12H18N2O2. The lowest BCUT2D eigenvalue weighted by molar-refractivity contribution is -0.138. The minimum absolute atomic E-state index is 0.0167. The molecule has 0 spiro atoms. The number of nitrogens with zero attached hydrogens (tertiary/aromatic N) is 1. The van der Waals surface area contributed by atoms with E-state index in [-0.39, 0.29) is 29.7 Å². The third kappa shape index (κ3) is 1.25. The van der Waals surface area contributed by atoms with Crippen molar-refractivity contribution in [1.29, 1.82) is 0 Å². The average molecular weight is 222 g/mol. The number of carbonyl (C=O) groups excluding carboxylic acids is 2. The first-order chi connectivity index (χ1) is 7.70. The maximum Gasteiger partial charge on any atom is 0.234 e. The summed E-state index contributed by atoms with van der Waals surface area (Å²) in [5, 5.41) is 3.41. The Bertz CT molecular complexity index is 336. The van der Waals surface area contributed by atoms with Crippen molar-refractivity contribution < 1.29 is 9.59 Å². The van der Waals surface area contributed by atoms with Crippen LogP contribution in [0.1, 0.15) is 25.7 Å². The van der Waals surface area contributed by atoms with E-state index in [0.717, 1.165) is 0 Å². The number of fused-ring (bicyclic) bond motifs is 1. The summed E-state index contributed by atoms with van der Waals surface area (Å²) in [6.07, 6.45) is 4.98. The summed E-state index contributed by atoms with van der Waals surface area (Å²) in [4.78, 5) is 25.2. The first kappa shape index (κ1) is 10.3. The molecule has 0 aromatic carbocycles. The molecular weight excluding hydrogens is 204 g/mol. The van der Waals surface area contributed by atoms with Gasteiger partial charge in [0.25, 0.3) is 0 Å². The van der Waals surface area contributed by atoms with Gasteiger partial charge in [0.2, 0.25) is 11.8 Å². The number of carbonyl (C=O) groups is 2. The first-order valence-electron chi connectivity index (χ1n) is 6.25. The van der Waals surface area contributed by atoms with E-state index in [0.29, 0.717) is 12.5 Å². The number of likely N-dealkylation sites (tertiary alicyclic amines) is 1. The Morgan fingerprint density at radius 3 is 2.56 bits per heavy atom. The van der Waals surface area contributed by atoms with Gasteiger partial charge in [0.1, 0.15) is 0 Å². The monoisotopic (exact) mass is 222 g/mol. The van der Waals surface area contributed by atoms with Crippen LogP contribution in [0.25, 0.3) is 0 Å². The fourth-order valence-corrected chi connectivity index (χ4v) is 3.69. The van der Waals surface area contributed by atoms with Gasteiger partial charge in [-0.2, -0.15) is 0 Å². The van der Waals surface area contributed by atoms with E-state index in [1.807, 2.05) is 0 Å². The molecule has 88 valence electrons. The van der Waals surface area contributed by atoms with Crippen LogP contribution in [0.5, 0.6) is 0 Å². The van der Waals surface area contributed by atoms with Crippen LogP contribution >= 0.6 is 0 Å². The Balaban J connectivity index is 1.84. The molecule has 0 aromatic rings. The third-order valence-electron chi connectivity index (χ3n) is 4.57. The number of rotatable bonds is 1. The van der Waals surface area contributed by atoms with E-state index >= 15 is 0 Å². The Kier molecular flexibility index (Phi) is 2.28. The molecule has 1 aliphatic carbocycles. The van der Waals surface area contributed by atoms with E-state index in [4.69, 9.17) is 0 Å². The predicted octanol–water partition coefficient (Wildman–Crippen LogP) is 0.379. The summed E-state index contributed by atoms with van der Waals surface area (Å²) in [6, 6.07) is 0.258. The molecule has 1 saturated carbocycles. The van der Waals surface area contributed by atoms with Crippen LogP contribution in [0.15, 0.2) is 0 Å². The zero-order valence-corrected chi connectivity index (χ0v) is 9.61. The summed E-state index contributed by atoms with van der Waals surface area (Å²) in [5.74, 6) is 0.516. The maximum absolute atomic E-state index is 12.0. The van der Waals surface area contributed by atoms with Crippen molar-refractivity contribution in [3.63, 3.8) is 0 Å². The Hall–Kier alpha value is -0.900. The zero-order valence-electron chi connectivity index (χ0n) is 9.61. The summed E-state index contributed by atoms with van der Waals surface area (Å²) in [7, 11) is 1.62. The second-order valence-corrected chi connectivity index (χ2v) is 5.35. The second kappa shape index (κ2) is 3.55. The van der Waals surface area contributed by atoms with Crippen LogP contribution < -0.4 is 5.32 Å². The van der Waals surface area contributed by atoms with E-state index in [1.54, 1.807) is 7.05 Å². The number of hydrogen-bond acceptors (Lipinski definition) is 3. The van der Waals surface area contributed by atoms with Crippen LogP contribution in [0.2, 0.25) is 0 Å². The molecule has 3 aliphatic rings. The molecule has 2 heterocycles. The molecule has 2 aliphatic heterocycles. The predicted molar refractivity (Wildman–Crippen MR) is 58.5 cm³/mol. The molecule has 0 bridgehead atoms. The molecule has 0 radical (unpaired) electrons. The lowest BCUT2D eigenvalue weighted by Crippen LogP contribution is -2.40. The van der Waals surface area contributed by atoms with Crippen LogP contribution in [-0.2, 0) is 9.59 Å². The van der Waals surface area contributed by atoms with Gasteiger partial charge in [-0.25, -0.2) is 0 Å². The fraction of sp³-hybridized carbons (Fsp3) is 0.833. The Morgan fingerprint density at radius 1 is 1.19 bits per heavy atom. The minimum atomic E-state index is -0.0805. The van der Waals surface area contributed by atoms with Gasteiger partial charge in [-0.3, -0.25) is 14.5 Å². The Morgan fingerprint density at radius 2 is 1.88 bits per heavy atom. The van der Waals surface area contributed by atoms with Crippen molar-refractivity contribution >= 4 is 11.8 Å². The number of imide groups is 1. The highest BCUT2D eigenvalue weighted by atomic mass is 16.2. The fourth-order valence-electron chi connectivity index (χ4n) is 3.69. The average Bonchev–Trinajstić information content (AvgIpc) is 2.96. The van der Waals surface area contributed by atoms with Crippen LogP contribution in [-0.4, -0.2) is 36.3 Å². The van der Waals surface area contributed by atoms with Crippen LogP contribution in [0.4, 0.5) is 0 Å². The SMILES string of the molecule is CN1C(=O)[C@H]2[C@@H](C3CCCC3)NC[C@H]2C1=O. The first-order valence-corrected chi connectivity index (χ1v) is 6.25. The molecule has 4 heteroatoms. The molecule has 2 amide bonds. The van der Waals surface area contributed by atoms with E-state index in [1.165, 1.54) is 30.6 Å². The zero-order chi connectivity index (χ0) is 11.3. The van der Waals surface area contributed by atoms with Crippen molar-refractivity contribution in [3.8, 4) is 0 Å². The normalized spacial score (nSPS) is 39.8. The highest BCUT2D eigenvalue weighted by Gasteiger charge is 2.54. The minimum Gasteiger partial charge on any atom is -0.312 e. The molecule has 0 unspecified atom stereocenters. The lowest BCUT2D eigenvalue weighted by atomic mass is 9.84. The van der Waals surface area contributed by atoms with Gasteiger partial charge >= 0.3 is 0 Å². The van der Waals surface area contributed by atoms with E-state index in [9.17, 15) is 9.59 Å².